The number of rotatable bonds is 1. The van der Waals surface area contributed by atoms with Gasteiger partial charge in [0.25, 0.3) is 0 Å². The van der Waals surface area contributed by atoms with Crippen LogP contribution in [0.15, 0.2) is 12.2 Å². The van der Waals surface area contributed by atoms with Crippen LogP contribution in [0.3, 0.4) is 0 Å². The Labute approximate surface area is 37.9 Å². The van der Waals surface area contributed by atoms with Gasteiger partial charge in [0, 0.05) is 6.08 Å². The Morgan fingerprint density at radius 2 is 2.33 bits per heavy atom. The highest BCUT2D eigenvalue weighted by Crippen LogP contribution is 1.72. The van der Waals surface area contributed by atoms with E-state index in [1.807, 2.05) is 19.4 Å². The fraction of sp³-hybridized carbons (Fsp3) is 0.200. The molecule has 0 saturated carbocycles. The standard InChI is InChI=1S/C5H6N/c1-2-3-4-5-6/h2-4H,1H3. The first kappa shape index (κ1) is 5.23. The van der Waals surface area contributed by atoms with Crippen LogP contribution in [0.4, 0.5) is 0 Å². The number of allylic oxidation sites excluding steroid dienone is 2. The predicted molar refractivity (Wildman–Crippen MR) is 24.7 cm³/mol. The maximum absolute atomic E-state index is 7.84. The van der Waals surface area contributed by atoms with Gasteiger partial charge in [0.2, 0.25) is 0 Å². The van der Waals surface area contributed by atoms with Crippen LogP contribution >= 0.6 is 0 Å². The van der Waals surface area contributed by atoms with Gasteiger partial charge in [-0.25, -0.2) is 0 Å². The molecule has 0 aromatic rings. The molecule has 0 N–H and O–H groups in total. The zero-order valence-electron chi connectivity index (χ0n) is 3.68. The summed E-state index contributed by atoms with van der Waals surface area (Å²) in [6, 6.07) is 1.86. The van der Waals surface area contributed by atoms with Gasteiger partial charge in [0.1, 0.15) is 0 Å². The van der Waals surface area contributed by atoms with Crippen LogP contribution in [0.2, 0.25) is 0 Å². The fourth-order valence-corrected chi connectivity index (χ4v) is 0.139. The lowest BCUT2D eigenvalue weighted by atomic mass is 10.4. The van der Waals surface area contributed by atoms with Crippen LogP contribution in [0, 0.1) is 17.8 Å². The lowest BCUT2D eigenvalue weighted by Crippen LogP contribution is -1.48. The van der Waals surface area contributed by atoms with E-state index in [-0.39, 0.29) is 0 Å². The number of hydrogen-bond acceptors (Lipinski definition) is 1. The molecule has 0 aliphatic carbocycles. The van der Waals surface area contributed by atoms with Crippen molar-refractivity contribution < 1.29 is 0 Å². The molecule has 31 valence electrons. The second-order valence-electron chi connectivity index (χ2n) is 0.822. The van der Waals surface area contributed by atoms with Gasteiger partial charge in [-0.3, -0.25) is 0 Å². The smallest absolute Gasteiger partial charge is 0.0908 e. The van der Waals surface area contributed by atoms with Crippen LogP contribution in [-0.4, -0.2) is 0 Å². The van der Waals surface area contributed by atoms with E-state index in [1.54, 1.807) is 6.08 Å². The van der Waals surface area contributed by atoms with Gasteiger partial charge >= 0.3 is 0 Å². The van der Waals surface area contributed by atoms with Crippen LogP contribution in [0.5, 0.6) is 0 Å². The van der Waals surface area contributed by atoms with Crippen molar-refractivity contribution in [2.75, 3.05) is 0 Å². The molecular weight excluding hydrogens is 74.1 g/mol. The molecule has 0 atom stereocenters. The van der Waals surface area contributed by atoms with E-state index in [4.69, 9.17) is 5.26 Å². The summed E-state index contributed by atoms with van der Waals surface area (Å²) in [6.07, 6.45) is 4.93. The summed E-state index contributed by atoms with van der Waals surface area (Å²) < 4.78 is 0. The molecule has 0 aliphatic heterocycles. The Kier molecular flexibility index (Phi) is 3.69. The van der Waals surface area contributed by atoms with Crippen molar-refractivity contribution in [3.63, 3.8) is 0 Å². The zero-order chi connectivity index (χ0) is 4.83. The molecule has 0 unspecified atom stereocenters. The molecule has 6 heavy (non-hydrogen) atoms. The summed E-state index contributed by atoms with van der Waals surface area (Å²) in [7, 11) is 0. The molecule has 0 aliphatic rings. The Bertz CT molecular complexity index is 76.4. The summed E-state index contributed by atoms with van der Waals surface area (Å²) in [6.45, 7) is 1.87. The Hall–Kier alpha value is -0.770. The van der Waals surface area contributed by atoms with E-state index in [1.165, 1.54) is 6.08 Å². The summed E-state index contributed by atoms with van der Waals surface area (Å²) in [5, 5.41) is 7.84. The first-order chi connectivity index (χ1) is 2.91. The van der Waals surface area contributed by atoms with Crippen LogP contribution in [0.1, 0.15) is 6.92 Å². The highest BCUT2D eigenvalue weighted by atomic mass is 14.2. The third kappa shape index (κ3) is 3.23. The average Bonchev–Trinajstić information content (AvgIpc) is 1.61. The largest absolute Gasteiger partial charge is 0.193 e. The van der Waals surface area contributed by atoms with Gasteiger partial charge in [0.15, 0.2) is 0 Å². The molecule has 0 spiro atoms. The third-order valence-electron chi connectivity index (χ3n) is 0.363. The number of nitriles is 1. The molecule has 0 rings (SSSR count). The maximum Gasteiger partial charge on any atom is 0.0908 e. The van der Waals surface area contributed by atoms with Gasteiger partial charge in [0.05, 0.1) is 6.07 Å². The van der Waals surface area contributed by atoms with Crippen molar-refractivity contribution in [2.45, 2.75) is 6.92 Å². The Morgan fingerprint density at radius 3 is 2.50 bits per heavy atom. The highest BCUT2D eigenvalue weighted by Gasteiger charge is 1.58. The van der Waals surface area contributed by atoms with Crippen molar-refractivity contribution in [3.05, 3.63) is 18.6 Å². The summed E-state index contributed by atoms with van der Waals surface area (Å²) in [5.74, 6) is 0. The van der Waals surface area contributed by atoms with E-state index in [2.05, 4.69) is 0 Å². The maximum atomic E-state index is 7.84. The normalized spacial score (nSPS) is 8.67. The second-order valence-corrected chi connectivity index (χ2v) is 0.822. The fourth-order valence-electron chi connectivity index (χ4n) is 0.139. The molecule has 0 bridgehead atoms. The third-order valence-corrected chi connectivity index (χ3v) is 0.363. The Morgan fingerprint density at radius 1 is 1.67 bits per heavy atom. The van der Waals surface area contributed by atoms with Crippen molar-refractivity contribution >= 4 is 0 Å². The van der Waals surface area contributed by atoms with Gasteiger partial charge < -0.3 is 0 Å². The molecule has 0 aromatic carbocycles. The van der Waals surface area contributed by atoms with Crippen molar-refractivity contribution in [1.82, 2.24) is 0 Å². The molecular formula is C5H6N. The van der Waals surface area contributed by atoms with Crippen LogP contribution < -0.4 is 0 Å². The van der Waals surface area contributed by atoms with E-state index < -0.39 is 0 Å². The van der Waals surface area contributed by atoms with E-state index in [0.29, 0.717) is 0 Å². The number of nitrogens with zero attached hydrogens (tertiary/aromatic N) is 1. The van der Waals surface area contributed by atoms with Gasteiger partial charge in [-0.05, 0) is 6.42 Å². The average molecular weight is 80.1 g/mol. The summed E-state index contributed by atoms with van der Waals surface area (Å²) in [5.41, 5.74) is 0. The van der Waals surface area contributed by atoms with E-state index in [9.17, 15) is 0 Å². The van der Waals surface area contributed by atoms with Crippen molar-refractivity contribution in [2.24, 2.45) is 0 Å². The lowest BCUT2D eigenvalue weighted by Gasteiger charge is -1.62. The number of hydrogen-bond donors (Lipinski definition) is 0. The van der Waals surface area contributed by atoms with Crippen molar-refractivity contribution in [3.8, 4) is 6.07 Å². The zero-order valence-corrected chi connectivity index (χ0v) is 3.68. The highest BCUT2D eigenvalue weighted by molar-refractivity contribution is 5.05. The monoisotopic (exact) mass is 80.1 g/mol. The van der Waals surface area contributed by atoms with E-state index >= 15 is 0 Å². The van der Waals surface area contributed by atoms with Gasteiger partial charge in [-0.15, -0.1) is 0 Å². The van der Waals surface area contributed by atoms with E-state index in [0.717, 1.165) is 0 Å². The Balaban J connectivity index is 3.02. The first-order valence-corrected chi connectivity index (χ1v) is 1.76. The van der Waals surface area contributed by atoms with Gasteiger partial charge in [-0.2, -0.15) is 5.26 Å². The molecule has 0 amide bonds. The van der Waals surface area contributed by atoms with Crippen LogP contribution in [0.25, 0.3) is 0 Å². The molecule has 0 aromatic heterocycles. The van der Waals surface area contributed by atoms with Gasteiger partial charge in [-0.1, -0.05) is 13.0 Å². The minimum atomic E-state index is 1.43. The quantitative estimate of drug-likeness (QED) is 0.435. The van der Waals surface area contributed by atoms with Crippen LogP contribution in [-0.2, 0) is 0 Å². The molecule has 0 saturated heterocycles. The second kappa shape index (κ2) is 4.23. The SMILES string of the molecule is C[CH]C=CC#N. The molecule has 1 nitrogen and oxygen atoms in total. The minimum absolute atomic E-state index is 1.43. The van der Waals surface area contributed by atoms with Crippen molar-refractivity contribution in [1.29, 1.82) is 5.26 Å². The molecule has 0 fully saturated rings. The summed E-state index contributed by atoms with van der Waals surface area (Å²) >= 11 is 0. The first-order valence-electron chi connectivity index (χ1n) is 1.76. The lowest BCUT2D eigenvalue weighted by molar-refractivity contribution is 1.51. The molecule has 1 radical (unpaired) electrons. The topological polar surface area (TPSA) is 23.8 Å². The predicted octanol–water partition coefficient (Wildman–Crippen LogP) is 1.29. The minimum Gasteiger partial charge on any atom is -0.193 e. The molecule has 0 heterocycles. The molecule has 1 heteroatoms. The summed E-state index contributed by atoms with van der Waals surface area (Å²) in [4.78, 5) is 0.